The molecule has 0 spiro atoms. The summed E-state index contributed by atoms with van der Waals surface area (Å²) in [7, 11) is 3.19. The third-order valence-electron chi connectivity index (χ3n) is 4.85. The van der Waals surface area contributed by atoms with Gasteiger partial charge in [0.05, 0.1) is 26.1 Å². The summed E-state index contributed by atoms with van der Waals surface area (Å²) < 4.78 is 12.3. The fourth-order valence-electron chi connectivity index (χ4n) is 3.27. The van der Waals surface area contributed by atoms with Gasteiger partial charge in [-0.25, -0.2) is 4.68 Å². The van der Waals surface area contributed by atoms with E-state index in [2.05, 4.69) is 39.7 Å². The van der Waals surface area contributed by atoms with E-state index >= 15 is 0 Å². The van der Waals surface area contributed by atoms with Gasteiger partial charge in [-0.3, -0.25) is 4.99 Å². The maximum Gasteiger partial charge on any atom is 0.206 e. The Hall–Kier alpha value is -3.58. The molecular formula is C24H23N3O3S. The zero-order valence-corrected chi connectivity index (χ0v) is 18.4. The van der Waals surface area contributed by atoms with Crippen LogP contribution < -0.4 is 14.3 Å². The van der Waals surface area contributed by atoms with Gasteiger partial charge in [-0.15, -0.1) is 11.3 Å². The normalized spacial score (nSPS) is 12.0. The number of benzene rings is 3. The van der Waals surface area contributed by atoms with Crippen LogP contribution in [0.4, 0.5) is 0 Å². The lowest BCUT2D eigenvalue weighted by Crippen LogP contribution is -2.12. The molecule has 31 heavy (non-hydrogen) atoms. The minimum atomic E-state index is 0.0745. The summed E-state index contributed by atoms with van der Waals surface area (Å²) in [4.78, 5) is 5.38. The molecule has 0 saturated heterocycles. The summed E-state index contributed by atoms with van der Waals surface area (Å²) in [5, 5.41) is 19.0. The second-order valence-corrected chi connectivity index (χ2v) is 7.63. The first kappa shape index (κ1) is 20.7. The van der Waals surface area contributed by atoms with Gasteiger partial charge in [0.1, 0.15) is 5.75 Å². The van der Waals surface area contributed by atoms with E-state index < -0.39 is 0 Å². The Morgan fingerprint density at radius 3 is 2.55 bits per heavy atom. The topological polar surface area (TPSA) is 68.3 Å². The maximum atomic E-state index is 10.0. The molecule has 6 nitrogen and oxygen atoms in total. The number of aromatic nitrogens is 1. The summed E-state index contributed by atoms with van der Waals surface area (Å²) in [5.41, 5.74) is 2.75. The molecule has 7 heteroatoms. The lowest BCUT2D eigenvalue weighted by atomic mass is 10.1. The van der Waals surface area contributed by atoms with Crippen LogP contribution in [0.25, 0.3) is 22.0 Å². The van der Waals surface area contributed by atoms with Crippen molar-refractivity contribution in [2.24, 2.45) is 10.1 Å². The number of hydrogen-bond acceptors (Lipinski definition) is 6. The first-order valence-corrected chi connectivity index (χ1v) is 10.7. The number of rotatable bonds is 6. The average Bonchev–Trinajstić information content (AvgIpc) is 3.19. The highest BCUT2D eigenvalue weighted by Gasteiger charge is 2.09. The van der Waals surface area contributed by atoms with Crippen LogP contribution in [0.2, 0.25) is 0 Å². The average molecular weight is 434 g/mol. The number of hydrogen-bond donors (Lipinski definition) is 1. The first-order chi connectivity index (χ1) is 15.1. The van der Waals surface area contributed by atoms with Crippen molar-refractivity contribution in [3.05, 3.63) is 70.3 Å². The van der Waals surface area contributed by atoms with E-state index in [1.807, 2.05) is 29.8 Å². The van der Waals surface area contributed by atoms with E-state index in [1.54, 1.807) is 36.8 Å². The molecule has 0 radical (unpaired) electrons. The van der Waals surface area contributed by atoms with Crippen LogP contribution in [0, 0.1) is 0 Å². The molecule has 1 heterocycles. The molecule has 0 fully saturated rings. The van der Waals surface area contributed by atoms with Gasteiger partial charge in [-0.2, -0.15) is 5.10 Å². The van der Waals surface area contributed by atoms with Gasteiger partial charge in [-0.1, -0.05) is 18.2 Å². The minimum Gasteiger partial charge on any atom is -0.504 e. The fourth-order valence-corrected chi connectivity index (χ4v) is 4.18. The van der Waals surface area contributed by atoms with E-state index in [4.69, 9.17) is 9.47 Å². The summed E-state index contributed by atoms with van der Waals surface area (Å²) in [5.74, 6) is 1.34. The van der Waals surface area contributed by atoms with Gasteiger partial charge in [0, 0.05) is 17.5 Å². The van der Waals surface area contributed by atoms with Gasteiger partial charge in [0.25, 0.3) is 0 Å². The van der Waals surface area contributed by atoms with Crippen LogP contribution in [-0.4, -0.2) is 36.8 Å². The van der Waals surface area contributed by atoms with E-state index in [9.17, 15) is 5.11 Å². The van der Waals surface area contributed by atoms with Crippen molar-refractivity contribution in [1.29, 1.82) is 0 Å². The molecule has 0 aliphatic heterocycles. The Labute approximate surface area is 184 Å². The van der Waals surface area contributed by atoms with Crippen LogP contribution in [0.5, 0.6) is 17.2 Å². The molecule has 0 aliphatic rings. The number of ether oxygens (including phenoxy) is 2. The quantitative estimate of drug-likeness (QED) is 0.440. The van der Waals surface area contributed by atoms with Crippen LogP contribution in [0.3, 0.4) is 0 Å². The number of nitrogens with zero attached hydrogens (tertiary/aromatic N) is 3. The molecule has 0 aliphatic carbocycles. The Morgan fingerprint density at radius 1 is 1.00 bits per heavy atom. The largest absolute Gasteiger partial charge is 0.504 e. The molecule has 1 aromatic heterocycles. The Balaban J connectivity index is 1.77. The van der Waals surface area contributed by atoms with E-state index in [1.165, 1.54) is 7.11 Å². The van der Waals surface area contributed by atoms with E-state index in [-0.39, 0.29) is 5.75 Å². The van der Waals surface area contributed by atoms with Gasteiger partial charge in [0.15, 0.2) is 11.5 Å². The molecule has 0 unspecified atom stereocenters. The zero-order chi connectivity index (χ0) is 21.8. The number of phenolic OH excluding ortho intramolecular Hbond substituents is 1. The van der Waals surface area contributed by atoms with E-state index in [0.717, 1.165) is 38.1 Å². The van der Waals surface area contributed by atoms with Crippen molar-refractivity contribution in [2.75, 3.05) is 20.8 Å². The van der Waals surface area contributed by atoms with Gasteiger partial charge in [0.2, 0.25) is 4.80 Å². The summed E-state index contributed by atoms with van der Waals surface area (Å²) in [6.07, 6.45) is 1.70. The van der Waals surface area contributed by atoms with Crippen molar-refractivity contribution in [3.8, 4) is 28.5 Å². The number of aromatic hydroxyl groups is 1. The highest BCUT2D eigenvalue weighted by Crippen LogP contribution is 2.28. The molecule has 0 bridgehead atoms. The molecular weight excluding hydrogens is 410 g/mol. The van der Waals surface area contributed by atoms with Crippen LogP contribution in [0.1, 0.15) is 12.5 Å². The smallest absolute Gasteiger partial charge is 0.206 e. The molecule has 4 rings (SSSR count). The predicted octanol–water partition coefficient (Wildman–Crippen LogP) is 4.90. The fraction of sp³-hybridized carbons (Fsp3) is 0.167. The molecule has 3 aromatic carbocycles. The summed E-state index contributed by atoms with van der Waals surface area (Å²) >= 11 is 1.54. The van der Waals surface area contributed by atoms with Gasteiger partial charge >= 0.3 is 0 Å². The van der Waals surface area contributed by atoms with Crippen molar-refractivity contribution >= 4 is 28.3 Å². The van der Waals surface area contributed by atoms with Crippen molar-refractivity contribution in [3.63, 3.8) is 0 Å². The SMILES string of the molecule is CCN=c1scc(-c2ccc3cc(OC)ccc3c2)n1N=Cc1ccc(OC)c(O)c1. The second kappa shape index (κ2) is 9.06. The van der Waals surface area contributed by atoms with Gasteiger partial charge in [-0.05, 0) is 59.7 Å². The Morgan fingerprint density at radius 2 is 1.81 bits per heavy atom. The third kappa shape index (κ3) is 4.32. The Bertz CT molecular complexity index is 1320. The Kier molecular flexibility index (Phi) is 6.04. The lowest BCUT2D eigenvalue weighted by Gasteiger charge is -2.07. The molecule has 0 saturated carbocycles. The molecule has 0 atom stereocenters. The summed E-state index contributed by atoms with van der Waals surface area (Å²) in [6, 6.07) is 17.5. The third-order valence-corrected chi connectivity index (χ3v) is 5.70. The highest BCUT2D eigenvalue weighted by molar-refractivity contribution is 7.07. The highest BCUT2D eigenvalue weighted by atomic mass is 32.1. The number of methoxy groups -OCH3 is 2. The molecule has 1 N–H and O–H groups in total. The number of phenols is 1. The van der Waals surface area contributed by atoms with Gasteiger partial charge < -0.3 is 14.6 Å². The van der Waals surface area contributed by atoms with Crippen molar-refractivity contribution in [2.45, 2.75) is 6.92 Å². The number of fused-ring (bicyclic) bond motifs is 1. The van der Waals surface area contributed by atoms with Crippen molar-refractivity contribution < 1.29 is 14.6 Å². The van der Waals surface area contributed by atoms with Crippen LogP contribution >= 0.6 is 11.3 Å². The van der Waals surface area contributed by atoms with Crippen LogP contribution in [-0.2, 0) is 0 Å². The molecule has 158 valence electrons. The predicted molar refractivity (Wildman–Crippen MR) is 126 cm³/mol. The second-order valence-electron chi connectivity index (χ2n) is 6.79. The lowest BCUT2D eigenvalue weighted by molar-refractivity contribution is 0.373. The van der Waals surface area contributed by atoms with E-state index in [0.29, 0.717) is 12.3 Å². The molecule has 0 amide bonds. The first-order valence-electron chi connectivity index (χ1n) is 9.83. The maximum absolute atomic E-state index is 10.0. The van der Waals surface area contributed by atoms with Crippen LogP contribution in [0.15, 0.2) is 70.1 Å². The standard InChI is InChI=1S/C24H23N3O3S/c1-4-25-24-27(26-14-16-5-10-23(30-3)22(28)11-16)21(15-31-24)19-7-6-18-13-20(29-2)9-8-17(18)12-19/h5-15,28H,4H2,1-3H3. The monoisotopic (exact) mass is 433 g/mol. The zero-order valence-electron chi connectivity index (χ0n) is 17.6. The van der Waals surface area contributed by atoms with Crippen molar-refractivity contribution in [1.82, 2.24) is 4.68 Å². The molecule has 4 aromatic rings. The summed E-state index contributed by atoms with van der Waals surface area (Å²) in [6.45, 7) is 2.66. The number of thiazole rings is 1. The minimum absolute atomic E-state index is 0.0745.